The van der Waals surface area contributed by atoms with Crippen molar-refractivity contribution in [3.05, 3.63) is 46.1 Å². The van der Waals surface area contributed by atoms with Gasteiger partial charge < -0.3 is 15.4 Å². The molecule has 0 saturated heterocycles. The zero-order chi connectivity index (χ0) is 20.6. The van der Waals surface area contributed by atoms with Gasteiger partial charge in [0.05, 0.1) is 12.2 Å². The van der Waals surface area contributed by atoms with Crippen molar-refractivity contribution in [2.24, 2.45) is 5.92 Å². The van der Waals surface area contributed by atoms with E-state index in [9.17, 15) is 9.59 Å². The smallest absolute Gasteiger partial charge is 0.407 e. The van der Waals surface area contributed by atoms with E-state index in [4.69, 9.17) is 11.2 Å². The van der Waals surface area contributed by atoms with Crippen molar-refractivity contribution in [3.63, 3.8) is 0 Å². The van der Waals surface area contributed by atoms with Crippen LogP contribution in [0.25, 0.3) is 0 Å². The average Bonchev–Trinajstić information content (AvgIpc) is 3.07. The maximum atomic E-state index is 12.4. The number of aromatic nitrogens is 1. The third-order valence-corrected chi connectivity index (χ3v) is 6.07. The molecule has 2 N–H and O–H groups in total. The number of rotatable bonds is 7. The number of alkyl carbamates (subject to hydrolysis) is 1. The van der Waals surface area contributed by atoms with Gasteiger partial charge in [-0.3, -0.25) is 9.78 Å². The molecule has 0 radical (unpaired) electrons. The van der Waals surface area contributed by atoms with Gasteiger partial charge in [0.15, 0.2) is 0 Å². The topological polar surface area (TPSA) is 80.3 Å². The Bertz CT molecular complexity index is 902. The highest BCUT2D eigenvalue weighted by Crippen LogP contribution is 2.39. The third-order valence-electron chi connectivity index (χ3n) is 4.90. The number of amides is 2. The third kappa shape index (κ3) is 5.58. The molecular weight excluding hydrogens is 386 g/mol. The number of carbonyl (C=O) groups is 2. The second kappa shape index (κ2) is 10.1. The van der Waals surface area contributed by atoms with Crippen LogP contribution in [0.4, 0.5) is 9.80 Å². The number of carbonyl (C=O) groups excluding carboxylic acids is 2. The first-order chi connectivity index (χ1) is 14.1. The lowest BCUT2D eigenvalue weighted by Crippen LogP contribution is -2.27. The molecule has 1 aliphatic rings. The van der Waals surface area contributed by atoms with E-state index in [0.717, 1.165) is 41.0 Å². The Labute approximate surface area is 175 Å². The van der Waals surface area contributed by atoms with Crippen molar-refractivity contribution in [1.29, 1.82) is 0 Å². The average molecular weight is 412 g/mol. The summed E-state index contributed by atoms with van der Waals surface area (Å²) in [6.45, 7) is 2.79. The van der Waals surface area contributed by atoms with Crippen molar-refractivity contribution in [2.75, 3.05) is 18.5 Å². The number of thiophene rings is 1. The molecular formula is C22H25N3O3S. The van der Waals surface area contributed by atoms with E-state index in [1.165, 1.54) is 4.88 Å². The first-order valence-electron chi connectivity index (χ1n) is 9.81. The number of nitrogens with zero attached hydrogens (tertiary/aromatic N) is 1. The molecule has 2 heterocycles. The molecule has 0 spiro atoms. The number of terminal acetylenes is 1. The fraction of sp³-hybridized carbons (Fsp3) is 0.409. The van der Waals surface area contributed by atoms with Crippen molar-refractivity contribution in [3.8, 4) is 12.3 Å². The number of pyridine rings is 1. The highest BCUT2D eigenvalue weighted by molar-refractivity contribution is 7.16. The highest BCUT2D eigenvalue weighted by Gasteiger charge is 2.26. The zero-order valence-corrected chi connectivity index (χ0v) is 17.3. The summed E-state index contributed by atoms with van der Waals surface area (Å²) >= 11 is 1.54. The number of ether oxygens (including phenoxy) is 1. The molecule has 2 aromatic rings. The summed E-state index contributed by atoms with van der Waals surface area (Å²) < 4.78 is 5.28. The fourth-order valence-electron chi connectivity index (χ4n) is 3.42. The standard InChI is InChI=1S/C22H25N3O3S/c1-3-17-18-9-7-16(14-28-22(27)24-4-2)12-19(18)29-21(17)25-20(26)10-8-15-6-5-11-23-13-15/h1,5-6,11,13,16H,4,7-10,12,14H2,2H3,(H,24,27)(H,25,26). The zero-order valence-electron chi connectivity index (χ0n) is 16.5. The van der Waals surface area contributed by atoms with Crippen molar-refractivity contribution >= 4 is 28.3 Å². The second-order valence-corrected chi connectivity index (χ2v) is 8.10. The van der Waals surface area contributed by atoms with Gasteiger partial charge in [-0.2, -0.15) is 0 Å². The van der Waals surface area contributed by atoms with Gasteiger partial charge in [-0.1, -0.05) is 12.0 Å². The molecule has 0 fully saturated rings. The van der Waals surface area contributed by atoms with Crippen LogP contribution in [0.1, 0.15) is 41.3 Å². The van der Waals surface area contributed by atoms with E-state index >= 15 is 0 Å². The van der Waals surface area contributed by atoms with E-state index < -0.39 is 0 Å². The van der Waals surface area contributed by atoms with Crippen LogP contribution in [0.15, 0.2) is 24.5 Å². The van der Waals surface area contributed by atoms with Gasteiger partial charge in [-0.25, -0.2) is 4.79 Å². The molecule has 0 bridgehead atoms. The minimum absolute atomic E-state index is 0.0555. The van der Waals surface area contributed by atoms with Crippen LogP contribution < -0.4 is 10.6 Å². The normalized spacial score (nSPS) is 15.1. The maximum absolute atomic E-state index is 12.4. The summed E-state index contributed by atoms with van der Waals surface area (Å²) in [4.78, 5) is 29.2. The lowest BCUT2D eigenvalue weighted by Gasteiger charge is -2.21. The SMILES string of the molecule is C#Cc1c(NC(=O)CCc2cccnc2)sc2c1CCC(COC(=O)NCC)C2. The Morgan fingerprint density at radius 1 is 1.45 bits per heavy atom. The van der Waals surface area contributed by atoms with E-state index in [2.05, 4.69) is 21.5 Å². The second-order valence-electron chi connectivity index (χ2n) is 7.00. The van der Waals surface area contributed by atoms with Gasteiger partial charge in [0.2, 0.25) is 5.91 Å². The fourth-order valence-corrected chi connectivity index (χ4v) is 4.76. The predicted molar refractivity (Wildman–Crippen MR) is 114 cm³/mol. The number of hydrogen-bond acceptors (Lipinski definition) is 5. The van der Waals surface area contributed by atoms with E-state index in [-0.39, 0.29) is 17.9 Å². The largest absolute Gasteiger partial charge is 0.449 e. The van der Waals surface area contributed by atoms with Crippen LogP contribution in [0.5, 0.6) is 0 Å². The van der Waals surface area contributed by atoms with Crippen LogP contribution in [0.2, 0.25) is 0 Å². The molecule has 1 unspecified atom stereocenters. The minimum atomic E-state index is -0.379. The monoisotopic (exact) mass is 411 g/mol. The summed E-state index contributed by atoms with van der Waals surface area (Å²) in [6.07, 6.45) is 12.4. The summed E-state index contributed by atoms with van der Waals surface area (Å²) in [7, 11) is 0. The number of nitrogens with one attached hydrogen (secondary N) is 2. The molecule has 3 rings (SSSR count). The van der Waals surface area contributed by atoms with Crippen molar-refractivity contribution in [1.82, 2.24) is 10.3 Å². The van der Waals surface area contributed by atoms with Crippen LogP contribution in [0, 0.1) is 18.3 Å². The van der Waals surface area contributed by atoms with E-state index in [1.807, 2.05) is 19.1 Å². The van der Waals surface area contributed by atoms with Gasteiger partial charge in [0, 0.05) is 30.2 Å². The van der Waals surface area contributed by atoms with Crippen molar-refractivity contribution < 1.29 is 14.3 Å². The van der Waals surface area contributed by atoms with Crippen LogP contribution in [0.3, 0.4) is 0 Å². The maximum Gasteiger partial charge on any atom is 0.407 e. The lowest BCUT2D eigenvalue weighted by atomic mass is 9.88. The Balaban J connectivity index is 1.59. The van der Waals surface area contributed by atoms with Crippen LogP contribution in [-0.2, 0) is 28.8 Å². The first kappa shape index (κ1) is 20.9. The Hall–Kier alpha value is -2.85. The molecule has 6 nitrogen and oxygen atoms in total. The van der Waals surface area contributed by atoms with Gasteiger partial charge >= 0.3 is 6.09 Å². The molecule has 0 aromatic carbocycles. The Morgan fingerprint density at radius 2 is 2.31 bits per heavy atom. The number of fused-ring (bicyclic) bond motifs is 1. The Kier molecular flexibility index (Phi) is 7.25. The highest BCUT2D eigenvalue weighted by atomic mass is 32.1. The lowest BCUT2D eigenvalue weighted by molar-refractivity contribution is -0.116. The minimum Gasteiger partial charge on any atom is -0.449 e. The quantitative estimate of drug-likeness (QED) is 0.683. The summed E-state index contributed by atoms with van der Waals surface area (Å²) in [5.74, 6) is 2.97. The molecule has 2 amide bonds. The molecule has 1 aliphatic carbocycles. The number of aryl methyl sites for hydroxylation is 1. The molecule has 29 heavy (non-hydrogen) atoms. The molecule has 2 aromatic heterocycles. The van der Waals surface area contributed by atoms with Crippen LogP contribution in [-0.4, -0.2) is 30.1 Å². The van der Waals surface area contributed by atoms with Gasteiger partial charge in [0.1, 0.15) is 5.00 Å². The van der Waals surface area contributed by atoms with Gasteiger partial charge in [0.25, 0.3) is 0 Å². The van der Waals surface area contributed by atoms with Gasteiger partial charge in [-0.05, 0) is 55.7 Å². The summed E-state index contributed by atoms with van der Waals surface area (Å²) in [5.41, 5.74) is 2.97. The van der Waals surface area contributed by atoms with E-state index in [0.29, 0.717) is 26.0 Å². The molecule has 152 valence electrons. The number of anilines is 1. The van der Waals surface area contributed by atoms with Gasteiger partial charge in [-0.15, -0.1) is 17.8 Å². The molecule has 0 aliphatic heterocycles. The molecule has 1 atom stereocenters. The van der Waals surface area contributed by atoms with E-state index in [1.54, 1.807) is 23.7 Å². The number of hydrogen-bond donors (Lipinski definition) is 2. The molecule has 0 saturated carbocycles. The summed E-state index contributed by atoms with van der Waals surface area (Å²) in [6, 6.07) is 3.82. The predicted octanol–water partition coefficient (Wildman–Crippen LogP) is 3.55. The Morgan fingerprint density at radius 3 is 3.03 bits per heavy atom. The summed E-state index contributed by atoms with van der Waals surface area (Å²) in [5, 5.41) is 6.38. The first-order valence-corrected chi connectivity index (χ1v) is 10.6. The van der Waals surface area contributed by atoms with Crippen LogP contribution >= 0.6 is 11.3 Å². The van der Waals surface area contributed by atoms with Crippen molar-refractivity contribution in [2.45, 2.75) is 39.0 Å². The molecule has 7 heteroatoms.